The van der Waals surface area contributed by atoms with Crippen LogP contribution in [0.15, 0.2) is 48.5 Å². The van der Waals surface area contributed by atoms with Crippen molar-refractivity contribution in [2.24, 2.45) is 0 Å². The van der Waals surface area contributed by atoms with Crippen LogP contribution in [0.2, 0.25) is 0 Å². The van der Waals surface area contributed by atoms with Crippen molar-refractivity contribution in [2.45, 2.75) is 19.8 Å². The number of nitro benzene ring substituents is 1. The average molecular weight is 284 g/mol. The molecule has 21 heavy (non-hydrogen) atoms. The Morgan fingerprint density at radius 2 is 1.52 bits per heavy atom. The molecule has 4 nitrogen and oxygen atoms in total. The molecule has 4 heteroatoms. The van der Waals surface area contributed by atoms with Crippen LogP contribution in [0.4, 0.5) is 5.69 Å². The molecule has 0 atom stereocenters. The van der Waals surface area contributed by atoms with Crippen LogP contribution in [-0.2, 0) is 12.8 Å². The molecule has 0 radical (unpaired) electrons. The number of hydrogen-bond acceptors (Lipinski definition) is 3. The number of nitro groups is 1. The van der Waals surface area contributed by atoms with Gasteiger partial charge in [-0.2, -0.15) is 0 Å². The number of rotatable bonds is 7. The summed E-state index contributed by atoms with van der Waals surface area (Å²) in [5.41, 5.74) is 3.64. The van der Waals surface area contributed by atoms with E-state index in [1.165, 1.54) is 11.1 Å². The molecule has 1 N–H and O–H groups in total. The topological polar surface area (TPSA) is 55.2 Å². The molecule has 2 aromatic rings. The molecule has 0 aliphatic rings. The molecule has 2 aromatic carbocycles. The van der Waals surface area contributed by atoms with E-state index in [1.54, 1.807) is 12.1 Å². The van der Waals surface area contributed by atoms with Crippen LogP contribution in [0.25, 0.3) is 0 Å². The molecular formula is C17H20N2O2. The summed E-state index contributed by atoms with van der Waals surface area (Å²) < 4.78 is 0. The molecule has 0 spiro atoms. The number of hydrogen-bond donors (Lipinski definition) is 1. The summed E-state index contributed by atoms with van der Waals surface area (Å²) in [5, 5.41) is 14.3. The molecule has 0 aromatic heterocycles. The lowest BCUT2D eigenvalue weighted by Crippen LogP contribution is -2.20. The largest absolute Gasteiger partial charge is 0.316 e. The van der Waals surface area contributed by atoms with Gasteiger partial charge < -0.3 is 5.32 Å². The van der Waals surface area contributed by atoms with Crippen LogP contribution >= 0.6 is 0 Å². The van der Waals surface area contributed by atoms with Gasteiger partial charge >= 0.3 is 0 Å². The molecule has 0 bridgehead atoms. The van der Waals surface area contributed by atoms with Crippen molar-refractivity contribution in [3.63, 3.8) is 0 Å². The number of nitrogens with one attached hydrogen (secondary N) is 1. The fraction of sp³-hybridized carbons (Fsp3) is 0.294. The smallest absolute Gasteiger partial charge is 0.272 e. The zero-order valence-corrected chi connectivity index (χ0v) is 12.2. The lowest BCUT2D eigenvalue weighted by Gasteiger charge is -2.07. The van der Waals surface area contributed by atoms with Gasteiger partial charge in [0.05, 0.1) is 4.92 Å². The Kier molecular flexibility index (Phi) is 5.46. The van der Waals surface area contributed by atoms with Gasteiger partial charge in [0.2, 0.25) is 0 Å². The maximum Gasteiger partial charge on any atom is 0.272 e. The summed E-state index contributed by atoms with van der Waals surface area (Å²) in [6.45, 7) is 3.74. The summed E-state index contributed by atoms with van der Waals surface area (Å²) in [6, 6.07) is 15.3. The molecule has 2 rings (SSSR count). The van der Waals surface area contributed by atoms with Crippen molar-refractivity contribution in [3.8, 4) is 0 Å². The van der Waals surface area contributed by atoms with Gasteiger partial charge in [-0.15, -0.1) is 0 Å². The first-order valence-corrected chi connectivity index (χ1v) is 7.16. The maximum absolute atomic E-state index is 10.9. The predicted molar refractivity (Wildman–Crippen MR) is 84.6 cm³/mol. The molecule has 0 heterocycles. The highest BCUT2D eigenvalue weighted by atomic mass is 16.6. The van der Waals surface area contributed by atoms with Crippen molar-refractivity contribution in [3.05, 3.63) is 75.3 Å². The molecule has 110 valence electrons. The Bertz CT molecular complexity index is 611. The third kappa shape index (κ3) is 4.39. The van der Waals surface area contributed by atoms with Crippen LogP contribution in [0, 0.1) is 17.0 Å². The van der Waals surface area contributed by atoms with Gasteiger partial charge in [-0.05, 0) is 44.0 Å². The second-order valence-corrected chi connectivity index (χ2v) is 5.06. The highest BCUT2D eigenvalue weighted by molar-refractivity contribution is 5.39. The number of nitrogens with zero attached hydrogens (tertiary/aromatic N) is 1. The molecule has 0 fully saturated rings. The minimum absolute atomic E-state index is 0.207. The van der Waals surface area contributed by atoms with Gasteiger partial charge in [-0.3, -0.25) is 10.1 Å². The van der Waals surface area contributed by atoms with E-state index in [2.05, 4.69) is 30.4 Å². The van der Waals surface area contributed by atoms with Gasteiger partial charge in [0.1, 0.15) is 0 Å². The monoisotopic (exact) mass is 284 g/mol. The van der Waals surface area contributed by atoms with Crippen molar-refractivity contribution >= 4 is 5.69 Å². The van der Waals surface area contributed by atoms with Gasteiger partial charge in [0, 0.05) is 11.6 Å². The first kappa shape index (κ1) is 15.2. The van der Waals surface area contributed by atoms with E-state index in [0.717, 1.165) is 25.1 Å². The summed E-state index contributed by atoms with van der Waals surface area (Å²) in [4.78, 5) is 10.6. The Morgan fingerprint density at radius 1 is 0.952 bits per heavy atom. The minimum atomic E-state index is -0.317. The Morgan fingerprint density at radius 3 is 2.19 bits per heavy atom. The zero-order chi connectivity index (χ0) is 15.1. The third-order valence-electron chi connectivity index (χ3n) is 3.59. The van der Waals surface area contributed by atoms with E-state index in [4.69, 9.17) is 0 Å². The number of benzene rings is 2. The molecule has 0 saturated heterocycles. The Labute approximate surface area is 125 Å². The number of para-hydroxylation sites is 1. The van der Waals surface area contributed by atoms with E-state index >= 15 is 0 Å². The molecule has 0 aliphatic heterocycles. The van der Waals surface area contributed by atoms with E-state index in [9.17, 15) is 10.1 Å². The molecule has 0 unspecified atom stereocenters. The summed E-state index contributed by atoms with van der Waals surface area (Å²) >= 11 is 0. The normalized spacial score (nSPS) is 10.5. The Balaban J connectivity index is 1.78. The highest BCUT2D eigenvalue weighted by Gasteiger charge is 2.11. The van der Waals surface area contributed by atoms with Crippen molar-refractivity contribution in [1.29, 1.82) is 0 Å². The lowest BCUT2D eigenvalue weighted by atomic mass is 10.1. The average Bonchev–Trinajstić information content (AvgIpc) is 2.49. The quantitative estimate of drug-likeness (QED) is 0.482. The van der Waals surface area contributed by atoms with Crippen molar-refractivity contribution in [1.82, 2.24) is 5.32 Å². The van der Waals surface area contributed by atoms with Gasteiger partial charge in [0.25, 0.3) is 5.69 Å². The lowest BCUT2D eigenvalue weighted by molar-refractivity contribution is -0.385. The van der Waals surface area contributed by atoms with Gasteiger partial charge in [-0.1, -0.05) is 42.5 Å². The molecule has 0 amide bonds. The third-order valence-corrected chi connectivity index (χ3v) is 3.59. The van der Waals surface area contributed by atoms with Crippen LogP contribution in [0.3, 0.4) is 0 Å². The van der Waals surface area contributed by atoms with E-state index in [0.29, 0.717) is 6.42 Å². The first-order valence-electron chi connectivity index (χ1n) is 7.16. The van der Waals surface area contributed by atoms with E-state index in [-0.39, 0.29) is 10.6 Å². The maximum atomic E-state index is 10.9. The second-order valence-electron chi connectivity index (χ2n) is 5.06. The van der Waals surface area contributed by atoms with Crippen LogP contribution in [0.5, 0.6) is 0 Å². The SMILES string of the molecule is Cc1ccccc1CCNCCc1ccccc1[N+](=O)[O-]. The summed E-state index contributed by atoms with van der Waals surface area (Å²) in [7, 11) is 0. The molecular weight excluding hydrogens is 264 g/mol. The zero-order valence-electron chi connectivity index (χ0n) is 12.2. The highest BCUT2D eigenvalue weighted by Crippen LogP contribution is 2.17. The summed E-state index contributed by atoms with van der Waals surface area (Å²) in [5.74, 6) is 0. The minimum Gasteiger partial charge on any atom is -0.316 e. The van der Waals surface area contributed by atoms with Crippen molar-refractivity contribution in [2.75, 3.05) is 13.1 Å². The summed E-state index contributed by atoms with van der Waals surface area (Å²) in [6.07, 6.45) is 1.65. The van der Waals surface area contributed by atoms with Crippen LogP contribution < -0.4 is 5.32 Å². The molecule has 0 aliphatic carbocycles. The van der Waals surface area contributed by atoms with Crippen molar-refractivity contribution < 1.29 is 4.92 Å². The molecule has 0 saturated carbocycles. The van der Waals surface area contributed by atoms with Gasteiger partial charge in [0.15, 0.2) is 0 Å². The standard InChI is InChI=1S/C17H20N2O2/c1-14-6-2-3-7-15(14)10-12-18-13-11-16-8-4-5-9-17(16)19(20)21/h2-9,18H,10-13H2,1H3. The fourth-order valence-corrected chi connectivity index (χ4v) is 2.36. The van der Waals surface area contributed by atoms with E-state index in [1.807, 2.05) is 18.2 Å². The van der Waals surface area contributed by atoms with E-state index < -0.39 is 0 Å². The van der Waals surface area contributed by atoms with Crippen LogP contribution in [0.1, 0.15) is 16.7 Å². The van der Waals surface area contributed by atoms with Crippen LogP contribution in [-0.4, -0.2) is 18.0 Å². The Hall–Kier alpha value is -2.20. The number of aryl methyl sites for hydroxylation is 1. The first-order chi connectivity index (χ1) is 10.2. The second kappa shape index (κ2) is 7.55. The predicted octanol–water partition coefficient (Wildman–Crippen LogP) is 3.28. The fourth-order valence-electron chi connectivity index (χ4n) is 2.36. The van der Waals surface area contributed by atoms with Gasteiger partial charge in [-0.25, -0.2) is 0 Å².